The van der Waals surface area contributed by atoms with E-state index in [1.807, 2.05) is 32.9 Å². The molecule has 0 aromatic heterocycles. The van der Waals surface area contributed by atoms with Crippen molar-refractivity contribution in [3.8, 4) is 0 Å². The number of ketones is 1. The fourth-order valence-corrected chi connectivity index (χ4v) is 2.07. The molecule has 0 amide bonds. The maximum Gasteiger partial charge on any atom is 0.214 e. The van der Waals surface area contributed by atoms with Gasteiger partial charge in [-0.05, 0) is 12.5 Å². The van der Waals surface area contributed by atoms with Crippen LogP contribution in [-0.2, 0) is 0 Å². The van der Waals surface area contributed by atoms with E-state index < -0.39 is 0 Å². The van der Waals surface area contributed by atoms with E-state index in [-0.39, 0.29) is 11.6 Å². The first-order chi connectivity index (χ1) is 9.09. The van der Waals surface area contributed by atoms with Gasteiger partial charge in [-0.2, -0.15) is 10.2 Å². The molecule has 1 aliphatic carbocycles. The number of aryl methyl sites for hydroxylation is 1. The Kier molecular flexibility index (Phi) is 3.31. The normalized spacial score (nSPS) is 16.1. The van der Waals surface area contributed by atoms with Crippen LogP contribution in [0.4, 0.5) is 0 Å². The van der Waals surface area contributed by atoms with Crippen LogP contribution < -0.4 is 5.84 Å². The smallest absolute Gasteiger partial charge is 0.214 e. The average molecular weight is 256 g/mol. The number of hydrazone groups is 1. The second kappa shape index (κ2) is 4.78. The number of Topliss-reactive ketones (excluding diaryl/α,β-unsaturated/α-hetero) is 1. The summed E-state index contributed by atoms with van der Waals surface area (Å²) in [5, 5.41) is 5.25. The molecule has 1 aromatic rings. The maximum absolute atomic E-state index is 12.1. The van der Waals surface area contributed by atoms with Crippen molar-refractivity contribution in [3.05, 3.63) is 47.3 Å². The summed E-state index contributed by atoms with van der Waals surface area (Å²) >= 11 is 0. The van der Waals surface area contributed by atoms with Crippen LogP contribution in [0, 0.1) is 6.92 Å². The number of fused-ring (bicyclic) bond motifs is 3. The fraction of sp³-hybridized carbons (Fsp3) is 0.214. The number of aliphatic imine (C=N–C) groups is 1. The molecule has 1 heterocycles. The minimum atomic E-state index is -0.114. The zero-order valence-corrected chi connectivity index (χ0v) is 11.3. The molecule has 5 heteroatoms. The molecular weight excluding hydrogens is 240 g/mol. The molecule has 0 saturated heterocycles. The highest BCUT2D eigenvalue weighted by molar-refractivity contribution is 6.78. The molecule has 1 aliphatic heterocycles. The van der Waals surface area contributed by atoms with Crippen LogP contribution in [0.5, 0.6) is 0 Å². The third kappa shape index (κ3) is 1.88. The van der Waals surface area contributed by atoms with Gasteiger partial charge in [-0.25, -0.2) is 10.8 Å². The SMILES string of the molecule is C=C1N=C2C(=O)c3cccc(C)c3C2=NN1N.CC. The van der Waals surface area contributed by atoms with Gasteiger partial charge in [0, 0.05) is 11.1 Å². The Morgan fingerprint density at radius 2 is 1.95 bits per heavy atom. The number of benzene rings is 1. The van der Waals surface area contributed by atoms with E-state index in [2.05, 4.69) is 16.7 Å². The van der Waals surface area contributed by atoms with Gasteiger partial charge in [0.25, 0.3) is 0 Å². The summed E-state index contributed by atoms with van der Waals surface area (Å²) in [4.78, 5) is 16.2. The predicted molar refractivity (Wildman–Crippen MR) is 76.0 cm³/mol. The monoisotopic (exact) mass is 256 g/mol. The lowest BCUT2D eigenvalue weighted by molar-refractivity contribution is 0.106. The summed E-state index contributed by atoms with van der Waals surface area (Å²) in [5.74, 6) is 5.77. The van der Waals surface area contributed by atoms with Crippen LogP contribution in [-0.4, -0.2) is 22.3 Å². The third-order valence-corrected chi connectivity index (χ3v) is 2.91. The fourth-order valence-electron chi connectivity index (χ4n) is 2.07. The highest BCUT2D eigenvalue weighted by Gasteiger charge is 2.36. The van der Waals surface area contributed by atoms with Gasteiger partial charge in [-0.15, -0.1) is 0 Å². The lowest BCUT2D eigenvalue weighted by Crippen LogP contribution is -2.32. The summed E-state index contributed by atoms with van der Waals surface area (Å²) in [6.07, 6.45) is 0. The zero-order chi connectivity index (χ0) is 14.2. The van der Waals surface area contributed by atoms with Gasteiger partial charge in [0.05, 0.1) is 0 Å². The van der Waals surface area contributed by atoms with E-state index in [0.29, 0.717) is 17.0 Å². The number of hydrogen-bond acceptors (Lipinski definition) is 5. The molecule has 0 saturated carbocycles. The molecule has 1 aromatic carbocycles. The van der Waals surface area contributed by atoms with Crippen molar-refractivity contribution in [1.82, 2.24) is 5.12 Å². The van der Waals surface area contributed by atoms with Crippen LogP contribution >= 0.6 is 0 Å². The lowest BCUT2D eigenvalue weighted by Gasteiger charge is -2.17. The Labute approximate surface area is 112 Å². The quantitative estimate of drug-likeness (QED) is 0.722. The molecule has 0 bridgehead atoms. The van der Waals surface area contributed by atoms with E-state index in [1.54, 1.807) is 6.07 Å². The molecule has 0 spiro atoms. The van der Waals surface area contributed by atoms with Crippen LogP contribution in [0.25, 0.3) is 0 Å². The number of nitrogens with zero attached hydrogens (tertiary/aromatic N) is 3. The molecule has 0 unspecified atom stereocenters. The summed E-state index contributed by atoms with van der Waals surface area (Å²) < 4.78 is 0. The van der Waals surface area contributed by atoms with Gasteiger partial charge >= 0.3 is 0 Å². The Balaban J connectivity index is 0.000000637. The number of hydrazine groups is 1. The van der Waals surface area contributed by atoms with Gasteiger partial charge in [-0.3, -0.25) is 4.79 Å². The molecule has 2 aliphatic rings. The van der Waals surface area contributed by atoms with Gasteiger partial charge < -0.3 is 0 Å². The maximum atomic E-state index is 12.1. The number of nitrogens with two attached hydrogens (primary N) is 1. The summed E-state index contributed by atoms with van der Waals surface area (Å²) in [6, 6.07) is 5.55. The molecular formula is C14H16N4O. The van der Waals surface area contributed by atoms with Crippen molar-refractivity contribution < 1.29 is 4.79 Å². The van der Waals surface area contributed by atoms with Crippen LogP contribution in [0.1, 0.15) is 35.3 Å². The number of rotatable bonds is 0. The van der Waals surface area contributed by atoms with Crippen LogP contribution in [0.15, 0.2) is 40.7 Å². The van der Waals surface area contributed by atoms with Gasteiger partial charge in [0.2, 0.25) is 5.78 Å². The number of carbonyl (C=O) groups is 1. The largest absolute Gasteiger partial charge is 0.287 e. The molecule has 0 radical (unpaired) electrons. The van der Waals surface area contributed by atoms with Crippen LogP contribution in [0.3, 0.4) is 0 Å². The average Bonchev–Trinajstić information content (AvgIpc) is 2.68. The molecule has 3 rings (SSSR count). The Morgan fingerprint density at radius 3 is 2.63 bits per heavy atom. The first kappa shape index (κ1) is 13.2. The number of hydrogen-bond donors (Lipinski definition) is 1. The van der Waals surface area contributed by atoms with E-state index in [0.717, 1.165) is 16.2 Å². The van der Waals surface area contributed by atoms with Crippen LogP contribution in [0.2, 0.25) is 0 Å². The lowest BCUT2D eigenvalue weighted by atomic mass is 10.0. The first-order valence-electron chi connectivity index (χ1n) is 6.15. The van der Waals surface area contributed by atoms with E-state index >= 15 is 0 Å². The highest BCUT2D eigenvalue weighted by atomic mass is 16.1. The van der Waals surface area contributed by atoms with Gasteiger partial charge in [0.15, 0.2) is 5.82 Å². The van der Waals surface area contributed by atoms with Crippen molar-refractivity contribution in [3.63, 3.8) is 0 Å². The number of carbonyl (C=O) groups excluding carboxylic acids is 1. The highest BCUT2D eigenvalue weighted by Crippen LogP contribution is 2.27. The Hall–Kier alpha value is -2.27. The Bertz CT molecular complexity index is 628. The minimum absolute atomic E-state index is 0.114. The van der Waals surface area contributed by atoms with E-state index in [1.165, 1.54) is 0 Å². The first-order valence-corrected chi connectivity index (χ1v) is 6.15. The second-order valence-electron chi connectivity index (χ2n) is 4.00. The van der Waals surface area contributed by atoms with Crippen molar-refractivity contribution in [2.45, 2.75) is 20.8 Å². The minimum Gasteiger partial charge on any atom is -0.287 e. The third-order valence-electron chi connectivity index (χ3n) is 2.91. The zero-order valence-electron chi connectivity index (χ0n) is 11.3. The second-order valence-corrected chi connectivity index (χ2v) is 4.00. The molecule has 0 atom stereocenters. The van der Waals surface area contributed by atoms with Gasteiger partial charge in [0.1, 0.15) is 11.4 Å². The standard InChI is InChI=1S/C12H10N4O.C2H6/c1-6-4-3-5-8-9(6)10-11(12(8)17)14-7(2)16(13)15-10;1-2/h3-5H,2,13H2,1H3;1-2H3. The topological polar surface area (TPSA) is 71.0 Å². The molecule has 98 valence electrons. The molecule has 2 N–H and O–H groups in total. The summed E-state index contributed by atoms with van der Waals surface area (Å²) in [7, 11) is 0. The Morgan fingerprint density at radius 1 is 1.26 bits per heavy atom. The van der Waals surface area contributed by atoms with Gasteiger partial charge in [-0.1, -0.05) is 38.6 Å². The summed E-state index contributed by atoms with van der Waals surface area (Å²) in [6.45, 7) is 9.56. The van der Waals surface area contributed by atoms with Crippen molar-refractivity contribution >= 4 is 17.2 Å². The molecule has 19 heavy (non-hydrogen) atoms. The van der Waals surface area contributed by atoms with E-state index in [9.17, 15) is 4.79 Å². The van der Waals surface area contributed by atoms with E-state index in [4.69, 9.17) is 5.84 Å². The van der Waals surface area contributed by atoms with Crippen molar-refractivity contribution in [1.29, 1.82) is 0 Å². The van der Waals surface area contributed by atoms with Crippen molar-refractivity contribution in [2.75, 3.05) is 0 Å². The predicted octanol–water partition coefficient (Wildman–Crippen LogP) is 2.02. The molecule has 0 fully saturated rings. The summed E-state index contributed by atoms with van der Waals surface area (Å²) in [5.41, 5.74) is 3.31. The molecule has 5 nitrogen and oxygen atoms in total. The van der Waals surface area contributed by atoms with Crippen molar-refractivity contribution in [2.24, 2.45) is 15.9 Å².